The summed E-state index contributed by atoms with van der Waals surface area (Å²) in [4.78, 5) is 11.0. The van der Waals surface area contributed by atoms with Crippen LogP contribution in [-0.4, -0.2) is 37.4 Å². The number of rotatable bonds is 5. The fourth-order valence-electron chi connectivity index (χ4n) is 2.43. The van der Waals surface area contributed by atoms with Crippen LogP contribution in [0.15, 0.2) is 24.3 Å². The first-order valence-corrected chi connectivity index (χ1v) is 8.14. The molecule has 1 aliphatic rings. The van der Waals surface area contributed by atoms with Crippen LogP contribution in [0.3, 0.4) is 0 Å². The lowest BCUT2D eigenvalue weighted by Gasteiger charge is -2.11. The molecule has 0 aliphatic carbocycles. The quantitative estimate of drug-likeness (QED) is 0.878. The van der Waals surface area contributed by atoms with Crippen LogP contribution < -0.4 is 5.32 Å². The van der Waals surface area contributed by atoms with Gasteiger partial charge in [-0.3, -0.25) is 4.79 Å². The molecule has 1 fully saturated rings. The van der Waals surface area contributed by atoms with Crippen molar-refractivity contribution in [2.45, 2.75) is 39.5 Å². The molecular formula is C18H29NO3. The number of aliphatic carboxylic acids is 1. The molecule has 4 heteroatoms. The van der Waals surface area contributed by atoms with Gasteiger partial charge in [0.05, 0.1) is 19.1 Å². The van der Waals surface area contributed by atoms with E-state index in [0.717, 1.165) is 38.3 Å². The Morgan fingerprint density at radius 2 is 1.82 bits per heavy atom. The molecule has 0 radical (unpaired) electrons. The number of carbonyl (C=O) groups is 1. The zero-order valence-electron chi connectivity index (χ0n) is 14.0. The maximum atomic E-state index is 11.0. The topological polar surface area (TPSA) is 58.6 Å². The first kappa shape index (κ1) is 18.7. The lowest BCUT2D eigenvalue weighted by atomic mass is 9.94. The van der Waals surface area contributed by atoms with Gasteiger partial charge in [-0.15, -0.1) is 0 Å². The summed E-state index contributed by atoms with van der Waals surface area (Å²) in [6, 6.07) is 7.97. The SMILES string of the molecule is C1COCCN1.CCC(C(=O)O)c1ccc(CC(C)C)cc1. The molecule has 4 nitrogen and oxygen atoms in total. The minimum atomic E-state index is -0.737. The van der Waals surface area contributed by atoms with E-state index in [-0.39, 0.29) is 5.92 Å². The molecule has 1 aromatic rings. The van der Waals surface area contributed by atoms with E-state index in [4.69, 9.17) is 9.84 Å². The molecule has 1 heterocycles. The largest absolute Gasteiger partial charge is 0.481 e. The Balaban J connectivity index is 0.000000335. The van der Waals surface area contributed by atoms with E-state index in [0.29, 0.717) is 12.3 Å². The van der Waals surface area contributed by atoms with Gasteiger partial charge in [-0.05, 0) is 29.9 Å². The lowest BCUT2D eigenvalue weighted by molar-refractivity contribution is -0.138. The molecule has 0 spiro atoms. The summed E-state index contributed by atoms with van der Waals surface area (Å²) in [5.74, 6) is -0.473. The van der Waals surface area contributed by atoms with Crippen LogP contribution in [0.5, 0.6) is 0 Å². The van der Waals surface area contributed by atoms with Crippen LogP contribution in [0.4, 0.5) is 0 Å². The average molecular weight is 307 g/mol. The Bertz CT molecular complexity index is 413. The minimum Gasteiger partial charge on any atom is -0.481 e. The van der Waals surface area contributed by atoms with Crippen molar-refractivity contribution in [2.75, 3.05) is 26.3 Å². The van der Waals surface area contributed by atoms with Crippen LogP contribution in [0.1, 0.15) is 44.2 Å². The average Bonchev–Trinajstić information content (AvgIpc) is 2.51. The minimum absolute atomic E-state index is 0.368. The zero-order chi connectivity index (χ0) is 16.4. The Morgan fingerprint density at radius 3 is 2.14 bits per heavy atom. The number of carboxylic acids is 1. The van der Waals surface area contributed by atoms with Gasteiger partial charge >= 0.3 is 5.97 Å². The predicted molar refractivity (Wildman–Crippen MR) is 89.3 cm³/mol. The molecule has 1 unspecified atom stereocenters. The molecule has 1 atom stereocenters. The normalized spacial score (nSPS) is 15.8. The van der Waals surface area contributed by atoms with Gasteiger partial charge in [0.15, 0.2) is 0 Å². The van der Waals surface area contributed by atoms with Gasteiger partial charge in [0.25, 0.3) is 0 Å². The van der Waals surface area contributed by atoms with Gasteiger partial charge in [0.1, 0.15) is 0 Å². The highest BCUT2D eigenvalue weighted by atomic mass is 16.5. The molecule has 1 aliphatic heterocycles. The summed E-state index contributed by atoms with van der Waals surface area (Å²) in [6.07, 6.45) is 1.68. The molecule has 1 aromatic carbocycles. The molecule has 2 N–H and O–H groups in total. The van der Waals surface area contributed by atoms with Crippen molar-refractivity contribution in [3.63, 3.8) is 0 Å². The van der Waals surface area contributed by atoms with Crippen LogP contribution in [0.25, 0.3) is 0 Å². The summed E-state index contributed by atoms with van der Waals surface area (Å²) in [7, 11) is 0. The van der Waals surface area contributed by atoms with Gasteiger partial charge in [-0.2, -0.15) is 0 Å². The Hall–Kier alpha value is -1.39. The zero-order valence-corrected chi connectivity index (χ0v) is 14.0. The molecule has 2 rings (SSSR count). The smallest absolute Gasteiger partial charge is 0.310 e. The number of hydrogen-bond acceptors (Lipinski definition) is 3. The summed E-state index contributed by atoms with van der Waals surface area (Å²) in [5, 5.41) is 12.2. The van der Waals surface area contributed by atoms with Gasteiger partial charge in [0, 0.05) is 13.1 Å². The van der Waals surface area contributed by atoms with Gasteiger partial charge in [-0.25, -0.2) is 0 Å². The third-order valence-corrected chi connectivity index (χ3v) is 3.58. The number of nitrogens with one attached hydrogen (secondary N) is 1. The molecule has 0 saturated carbocycles. The first-order chi connectivity index (χ1) is 10.5. The second-order valence-corrected chi connectivity index (χ2v) is 6.00. The van der Waals surface area contributed by atoms with Gasteiger partial charge in [-0.1, -0.05) is 45.0 Å². The second kappa shape index (κ2) is 10.4. The van der Waals surface area contributed by atoms with Crippen LogP contribution in [0, 0.1) is 5.92 Å². The third-order valence-electron chi connectivity index (χ3n) is 3.58. The van der Waals surface area contributed by atoms with Crippen LogP contribution in [0.2, 0.25) is 0 Å². The van der Waals surface area contributed by atoms with E-state index >= 15 is 0 Å². The van der Waals surface area contributed by atoms with E-state index in [9.17, 15) is 4.79 Å². The van der Waals surface area contributed by atoms with E-state index in [1.807, 2.05) is 31.2 Å². The van der Waals surface area contributed by atoms with E-state index in [1.54, 1.807) is 0 Å². The van der Waals surface area contributed by atoms with Gasteiger partial charge in [0.2, 0.25) is 0 Å². The Kier molecular flexibility index (Phi) is 8.78. The van der Waals surface area contributed by atoms with Crippen molar-refractivity contribution in [3.8, 4) is 0 Å². The summed E-state index contributed by atoms with van der Waals surface area (Å²) in [5.41, 5.74) is 2.18. The molecule has 1 saturated heterocycles. The Labute approximate surface area is 133 Å². The highest BCUT2D eigenvalue weighted by molar-refractivity contribution is 5.75. The van der Waals surface area contributed by atoms with Crippen molar-refractivity contribution < 1.29 is 14.6 Å². The number of carboxylic acid groups (broad SMARTS) is 1. The lowest BCUT2D eigenvalue weighted by Crippen LogP contribution is -2.30. The highest BCUT2D eigenvalue weighted by Gasteiger charge is 2.16. The molecule has 0 bridgehead atoms. The number of benzene rings is 1. The Morgan fingerprint density at radius 1 is 1.23 bits per heavy atom. The fourth-order valence-corrected chi connectivity index (χ4v) is 2.43. The molecule has 0 amide bonds. The van der Waals surface area contributed by atoms with Crippen molar-refractivity contribution in [2.24, 2.45) is 5.92 Å². The number of hydrogen-bond donors (Lipinski definition) is 2. The van der Waals surface area contributed by atoms with Crippen LogP contribution in [-0.2, 0) is 16.0 Å². The highest BCUT2D eigenvalue weighted by Crippen LogP contribution is 2.20. The summed E-state index contributed by atoms with van der Waals surface area (Å²) >= 11 is 0. The molecule has 0 aromatic heterocycles. The maximum Gasteiger partial charge on any atom is 0.310 e. The standard InChI is InChI=1S/C14H20O2.C4H9NO/c1-4-13(14(15)16)12-7-5-11(6-8-12)9-10(2)3;1-3-6-4-2-5-1/h5-8,10,13H,4,9H2,1-3H3,(H,15,16);5H,1-4H2. The van der Waals surface area contributed by atoms with E-state index in [2.05, 4.69) is 19.2 Å². The second-order valence-electron chi connectivity index (χ2n) is 6.00. The van der Waals surface area contributed by atoms with E-state index in [1.165, 1.54) is 5.56 Å². The molecule has 22 heavy (non-hydrogen) atoms. The summed E-state index contributed by atoms with van der Waals surface area (Å²) < 4.78 is 5.01. The van der Waals surface area contributed by atoms with Crippen molar-refractivity contribution >= 4 is 5.97 Å². The number of ether oxygens (including phenoxy) is 1. The third kappa shape index (κ3) is 7.05. The van der Waals surface area contributed by atoms with Crippen molar-refractivity contribution in [1.82, 2.24) is 5.32 Å². The monoisotopic (exact) mass is 307 g/mol. The number of morpholine rings is 1. The maximum absolute atomic E-state index is 11.0. The van der Waals surface area contributed by atoms with Crippen molar-refractivity contribution in [3.05, 3.63) is 35.4 Å². The molecule has 124 valence electrons. The van der Waals surface area contributed by atoms with Crippen LogP contribution >= 0.6 is 0 Å². The first-order valence-electron chi connectivity index (χ1n) is 8.14. The molecular weight excluding hydrogens is 278 g/mol. The van der Waals surface area contributed by atoms with E-state index < -0.39 is 5.97 Å². The predicted octanol–water partition coefficient (Wildman–Crippen LogP) is 3.07. The van der Waals surface area contributed by atoms with Crippen molar-refractivity contribution in [1.29, 1.82) is 0 Å². The van der Waals surface area contributed by atoms with Gasteiger partial charge < -0.3 is 15.2 Å². The fraction of sp³-hybridized carbons (Fsp3) is 0.611. The summed E-state index contributed by atoms with van der Waals surface area (Å²) in [6.45, 7) is 10.1.